The molecule has 0 radical (unpaired) electrons. The molecule has 2 rings (SSSR count). The monoisotopic (exact) mass is 313 g/mol. The van der Waals surface area contributed by atoms with Crippen LogP contribution in [0.15, 0.2) is 0 Å². The van der Waals surface area contributed by atoms with E-state index in [9.17, 15) is 9.90 Å². The number of rotatable bonds is 3. The first-order chi connectivity index (χ1) is 10.4. The summed E-state index contributed by atoms with van der Waals surface area (Å²) in [6.07, 6.45) is 2.13. The highest BCUT2D eigenvalue weighted by atomic mass is 16.6. The van der Waals surface area contributed by atoms with Crippen molar-refractivity contribution in [2.75, 3.05) is 45.9 Å². The highest BCUT2D eigenvalue weighted by Gasteiger charge is 2.32. The lowest BCUT2D eigenvalue weighted by Gasteiger charge is -2.42. The second kappa shape index (κ2) is 7.62. The van der Waals surface area contributed by atoms with Crippen LogP contribution in [0, 0.1) is 5.92 Å². The molecule has 2 heterocycles. The van der Waals surface area contributed by atoms with Crippen LogP contribution < -0.4 is 5.32 Å². The minimum Gasteiger partial charge on any atom is -0.444 e. The summed E-state index contributed by atoms with van der Waals surface area (Å²) < 4.78 is 5.43. The Morgan fingerprint density at radius 1 is 1.27 bits per heavy atom. The summed E-state index contributed by atoms with van der Waals surface area (Å²) in [5.74, 6) is 0.698. The molecule has 0 aromatic carbocycles. The molecule has 2 saturated heterocycles. The van der Waals surface area contributed by atoms with Crippen molar-refractivity contribution < 1.29 is 14.6 Å². The second-order valence-electron chi connectivity index (χ2n) is 7.45. The Balaban J connectivity index is 1.86. The van der Waals surface area contributed by atoms with Gasteiger partial charge in [0.25, 0.3) is 0 Å². The van der Waals surface area contributed by atoms with Gasteiger partial charge in [-0.1, -0.05) is 0 Å². The molecule has 0 bridgehead atoms. The summed E-state index contributed by atoms with van der Waals surface area (Å²) in [7, 11) is 0. The number of nitrogens with one attached hydrogen (secondary N) is 1. The van der Waals surface area contributed by atoms with Gasteiger partial charge in [-0.2, -0.15) is 0 Å². The number of piperazine rings is 1. The summed E-state index contributed by atoms with van der Waals surface area (Å²) in [6, 6.07) is 0.0242. The van der Waals surface area contributed by atoms with Gasteiger partial charge in [0.15, 0.2) is 0 Å². The van der Waals surface area contributed by atoms with Crippen LogP contribution >= 0.6 is 0 Å². The van der Waals surface area contributed by atoms with Gasteiger partial charge in [-0.25, -0.2) is 4.79 Å². The first-order valence-corrected chi connectivity index (χ1v) is 8.42. The van der Waals surface area contributed by atoms with E-state index in [1.807, 2.05) is 20.8 Å². The summed E-state index contributed by atoms with van der Waals surface area (Å²) >= 11 is 0. The molecular formula is C16H31N3O3. The molecule has 0 saturated carbocycles. The van der Waals surface area contributed by atoms with Crippen molar-refractivity contribution in [3.05, 3.63) is 0 Å². The predicted octanol–water partition coefficient (Wildman–Crippen LogP) is 0.900. The fourth-order valence-corrected chi connectivity index (χ4v) is 3.19. The van der Waals surface area contributed by atoms with Gasteiger partial charge in [0, 0.05) is 26.2 Å². The van der Waals surface area contributed by atoms with Crippen LogP contribution in [-0.2, 0) is 4.74 Å². The maximum atomic E-state index is 12.2. The molecule has 2 aliphatic heterocycles. The lowest BCUT2D eigenvalue weighted by Crippen LogP contribution is -2.57. The highest BCUT2D eigenvalue weighted by Crippen LogP contribution is 2.19. The molecular weight excluding hydrogens is 282 g/mol. The fraction of sp³-hybridized carbons (Fsp3) is 0.938. The van der Waals surface area contributed by atoms with Gasteiger partial charge in [0.1, 0.15) is 5.60 Å². The molecule has 1 atom stereocenters. The number of carbonyl (C=O) groups is 1. The zero-order valence-electron chi connectivity index (χ0n) is 14.2. The van der Waals surface area contributed by atoms with E-state index < -0.39 is 5.60 Å². The number of carbonyl (C=O) groups excluding carboxylic acids is 1. The van der Waals surface area contributed by atoms with Crippen LogP contribution in [0.2, 0.25) is 0 Å². The van der Waals surface area contributed by atoms with Crippen molar-refractivity contribution in [1.29, 1.82) is 0 Å². The van der Waals surface area contributed by atoms with E-state index in [1.165, 1.54) is 12.8 Å². The lowest BCUT2D eigenvalue weighted by molar-refractivity contribution is -0.00841. The van der Waals surface area contributed by atoms with Crippen LogP contribution in [-0.4, -0.2) is 78.5 Å². The van der Waals surface area contributed by atoms with Crippen molar-refractivity contribution in [2.45, 2.75) is 45.3 Å². The van der Waals surface area contributed by atoms with E-state index in [2.05, 4.69) is 10.2 Å². The number of nitrogens with zero attached hydrogens (tertiary/aromatic N) is 2. The molecule has 6 heteroatoms. The predicted molar refractivity (Wildman–Crippen MR) is 85.8 cm³/mol. The average Bonchev–Trinajstić information content (AvgIpc) is 2.47. The third-order valence-electron chi connectivity index (χ3n) is 4.42. The summed E-state index contributed by atoms with van der Waals surface area (Å²) in [5, 5.41) is 13.1. The van der Waals surface area contributed by atoms with Crippen LogP contribution in [0.25, 0.3) is 0 Å². The van der Waals surface area contributed by atoms with Gasteiger partial charge in [-0.05, 0) is 52.6 Å². The Morgan fingerprint density at radius 3 is 2.55 bits per heavy atom. The van der Waals surface area contributed by atoms with Gasteiger partial charge in [0.05, 0.1) is 12.6 Å². The number of ether oxygens (including phenoxy) is 1. The fourth-order valence-electron chi connectivity index (χ4n) is 3.19. The van der Waals surface area contributed by atoms with Crippen molar-refractivity contribution in [3.63, 3.8) is 0 Å². The molecule has 2 N–H and O–H groups in total. The van der Waals surface area contributed by atoms with E-state index in [4.69, 9.17) is 4.74 Å². The Morgan fingerprint density at radius 2 is 1.95 bits per heavy atom. The molecule has 0 spiro atoms. The molecule has 22 heavy (non-hydrogen) atoms. The average molecular weight is 313 g/mol. The Hall–Kier alpha value is -0.850. The molecule has 6 nitrogen and oxygen atoms in total. The molecule has 128 valence electrons. The maximum absolute atomic E-state index is 12.2. The smallest absolute Gasteiger partial charge is 0.410 e. The molecule has 0 aromatic rings. The van der Waals surface area contributed by atoms with Crippen molar-refractivity contribution in [1.82, 2.24) is 15.1 Å². The van der Waals surface area contributed by atoms with E-state index in [0.717, 1.165) is 26.2 Å². The van der Waals surface area contributed by atoms with Crippen molar-refractivity contribution in [2.24, 2.45) is 5.92 Å². The van der Waals surface area contributed by atoms with E-state index in [-0.39, 0.29) is 18.7 Å². The minimum atomic E-state index is -0.474. The molecule has 2 fully saturated rings. The SMILES string of the molecule is CC(C)(C)OC(=O)N1CCN(CC2CCNCC2)[C@@H](CO)C1. The van der Waals surface area contributed by atoms with Crippen LogP contribution in [0.5, 0.6) is 0 Å². The summed E-state index contributed by atoms with van der Waals surface area (Å²) in [4.78, 5) is 16.2. The Kier molecular flexibility index (Phi) is 6.06. The van der Waals surface area contributed by atoms with Gasteiger partial charge in [-0.15, -0.1) is 0 Å². The third kappa shape index (κ3) is 5.11. The summed E-state index contributed by atoms with van der Waals surface area (Å²) in [6.45, 7) is 11.0. The third-order valence-corrected chi connectivity index (χ3v) is 4.42. The second-order valence-corrected chi connectivity index (χ2v) is 7.45. The highest BCUT2D eigenvalue weighted by molar-refractivity contribution is 5.68. The van der Waals surface area contributed by atoms with E-state index in [1.54, 1.807) is 4.90 Å². The summed E-state index contributed by atoms with van der Waals surface area (Å²) in [5.41, 5.74) is -0.474. The first-order valence-electron chi connectivity index (χ1n) is 8.42. The maximum Gasteiger partial charge on any atom is 0.410 e. The first kappa shape index (κ1) is 17.5. The van der Waals surface area contributed by atoms with Gasteiger partial charge in [-0.3, -0.25) is 4.90 Å². The Labute approximate surface area is 133 Å². The Bertz CT molecular complexity index is 364. The molecule has 0 aliphatic carbocycles. The van der Waals surface area contributed by atoms with Crippen LogP contribution in [0.4, 0.5) is 4.79 Å². The van der Waals surface area contributed by atoms with E-state index in [0.29, 0.717) is 19.0 Å². The van der Waals surface area contributed by atoms with Gasteiger partial charge in [0.2, 0.25) is 0 Å². The number of hydrogen-bond donors (Lipinski definition) is 2. The molecule has 0 unspecified atom stereocenters. The largest absolute Gasteiger partial charge is 0.444 e. The van der Waals surface area contributed by atoms with Crippen LogP contribution in [0.1, 0.15) is 33.6 Å². The topological polar surface area (TPSA) is 65.0 Å². The van der Waals surface area contributed by atoms with Crippen LogP contribution in [0.3, 0.4) is 0 Å². The van der Waals surface area contributed by atoms with Gasteiger partial charge >= 0.3 is 6.09 Å². The van der Waals surface area contributed by atoms with Gasteiger partial charge < -0.3 is 20.1 Å². The quantitative estimate of drug-likeness (QED) is 0.810. The zero-order chi connectivity index (χ0) is 16.2. The van der Waals surface area contributed by atoms with Crippen molar-refractivity contribution in [3.8, 4) is 0 Å². The zero-order valence-corrected chi connectivity index (χ0v) is 14.2. The minimum absolute atomic E-state index is 0.0242. The standard InChI is InChI=1S/C16H31N3O3/c1-16(2,3)22-15(21)19-9-8-18(14(11-19)12-20)10-13-4-6-17-7-5-13/h13-14,17,20H,4-12H2,1-3H3/t14-/m1/s1. The number of piperidine rings is 1. The molecule has 1 amide bonds. The van der Waals surface area contributed by atoms with E-state index >= 15 is 0 Å². The molecule has 2 aliphatic rings. The number of aliphatic hydroxyl groups is 1. The number of amides is 1. The normalized spacial score (nSPS) is 25.3. The van der Waals surface area contributed by atoms with Crippen molar-refractivity contribution >= 4 is 6.09 Å². The lowest BCUT2D eigenvalue weighted by atomic mass is 9.96. The number of aliphatic hydroxyl groups excluding tert-OH is 1. The number of hydrogen-bond acceptors (Lipinski definition) is 5. The molecule has 0 aromatic heterocycles.